The Balaban J connectivity index is 2.69. The third kappa shape index (κ3) is 2.07. The van der Waals surface area contributed by atoms with Crippen LogP contribution in [0.25, 0.3) is 5.76 Å². The third-order valence-electron chi connectivity index (χ3n) is 2.24. The maximum Gasteiger partial charge on any atom is 0.387 e. The van der Waals surface area contributed by atoms with E-state index in [1.165, 1.54) is 0 Å². The molecule has 0 saturated carbocycles. The first-order valence-corrected chi connectivity index (χ1v) is 5.93. The maximum absolute atomic E-state index is 12.2. The van der Waals surface area contributed by atoms with Crippen molar-refractivity contribution < 1.29 is 18.3 Å². The van der Waals surface area contributed by atoms with Crippen LogP contribution in [0, 0.1) is 0 Å². The van der Waals surface area contributed by atoms with Crippen LogP contribution in [0.5, 0.6) is 0 Å². The van der Waals surface area contributed by atoms with Gasteiger partial charge in [0.1, 0.15) is 5.76 Å². The lowest BCUT2D eigenvalue weighted by molar-refractivity contribution is -0.0708. The van der Waals surface area contributed by atoms with Crippen LogP contribution in [0.4, 0.5) is 8.78 Å². The first-order chi connectivity index (χ1) is 8.34. The van der Waals surface area contributed by atoms with E-state index in [2.05, 4.69) is 4.74 Å². The van der Waals surface area contributed by atoms with Crippen molar-refractivity contribution in [3.63, 3.8) is 0 Å². The summed E-state index contributed by atoms with van der Waals surface area (Å²) in [6.07, 6.45) is 0.862. The van der Waals surface area contributed by atoms with E-state index in [-0.39, 0.29) is 37.0 Å². The van der Waals surface area contributed by atoms with Crippen LogP contribution in [0.3, 0.4) is 0 Å². The Hall–Kier alpha value is -0.550. The smallest absolute Gasteiger partial charge is 0.387 e. The molecule has 0 N–H and O–H groups in total. The van der Waals surface area contributed by atoms with Gasteiger partial charge in [0, 0.05) is 11.6 Å². The second-order valence-electron chi connectivity index (χ2n) is 3.26. The summed E-state index contributed by atoms with van der Waals surface area (Å²) in [4.78, 5) is 11.6. The van der Waals surface area contributed by atoms with Crippen molar-refractivity contribution in [2.75, 3.05) is 0 Å². The highest BCUT2D eigenvalue weighted by atomic mass is 35.5. The number of allylic oxidation sites excluding steroid dienone is 1. The first-order valence-electron chi connectivity index (χ1n) is 4.41. The molecule has 2 rings (SSSR count). The zero-order valence-electron chi connectivity index (χ0n) is 8.24. The Morgan fingerprint density at radius 3 is 1.94 bits per heavy atom. The average Bonchev–Trinajstić information content (AvgIpc) is 2.59. The van der Waals surface area contributed by atoms with Gasteiger partial charge >= 0.3 is 6.61 Å². The summed E-state index contributed by atoms with van der Waals surface area (Å²) < 4.78 is 28.6. The Morgan fingerprint density at radius 2 is 1.44 bits per heavy atom. The molecule has 1 aromatic carbocycles. The molecule has 0 radical (unpaired) electrons. The summed E-state index contributed by atoms with van der Waals surface area (Å²) in [5.74, 6) is -0.999. The van der Waals surface area contributed by atoms with Gasteiger partial charge in [0.25, 0.3) is 0 Å². The summed E-state index contributed by atoms with van der Waals surface area (Å²) in [6.45, 7) is -3.10. The number of fused-ring (bicyclic) bond motifs is 1. The van der Waals surface area contributed by atoms with Gasteiger partial charge in [-0.15, -0.1) is 0 Å². The van der Waals surface area contributed by atoms with Crippen LogP contribution in [-0.4, -0.2) is 12.4 Å². The molecule has 0 atom stereocenters. The van der Waals surface area contributed by atoms with E-state index in [4.69, 9.17) is 46.4 Å². The van der Waals surface area contributed by atoms with Gasteiger partial charge in [-0.05, 0) is 0 Å². The molecule has 2 nitrogen and oxygen atoms in total. The normalized spacial score (nSPS) is 13.9. The van der Waals surface area contributed by atoms with Crippen LogP contribution in [-0.2, 0) is 4.74 Å². The standard InChI is InChI=1S/C10H2Cl4F2O2/c11-6-4-2(17)1-3(18-10(15)16)5(4)7(12)9(14)8(6)13/h1,10H. The number of hydrogen-bond acceptors (Lipinski definition) is 2. The molecule has 0 heterocycles. The van der Waals surface area contributed by atoms with Gasteiger partial charge in [-0.2, -0.15) is 8.78 Å². The van der Waals surface area contributed by atoms with Crippen molar-refractivity contribution >= 4 is 57.9 Å². The molecule has 0 amide bonds. The minimum absolute atomic E-state index is 0.0682. The zero-order chi connectivity index (χ0) is 13.6. The van der Waals surface area contributed by atoms with E-state index < -0.39 is 12.4 Å². The number of alkyl halides is 2. The van der Waals surface area contributed by atoms with Crippen LogP contribution in [0.15, 0.2) is 6.08 Å². The minimum atomic E-state index is -3.10. The van der Waals surface area contributed by atoms with E-state index in [9.17, 15) is 13.6 Å². The summed E-state index contributed by atoms with van der Waals surface area (Å²) >= 11 is 23.3. The number of halogens is 6. The Morgan fingerprint density at radius 1 is 0.944 bits per heavy atom. The van der Waals surface area contributed by atoms with Crippen molar-refractivity contribution in [1.82, 2.24) is 0 Å². The van der Waals surface area contributed by atoms with Gasteiger partial charge in [0.2, 0.25) is 0 Å². The largest absolute Gasteiger partial charge is 0.434 e. The average molecular weight is 334 g/mol. The van der Waals surface area contributed by atoms with E-state index in [1.807, 2.05) is 0 Å². The molecule has 18 heavy (non-hydrogen) atoms. The predicted molar refractivity (Wildman–Crippen MR) is 65.9 cm³/mol. The fourth-order valence-corrected chi connectivity index (χ4v) is 2.59. The lowest BCUT2D eigenvalue weighted by Gasteiger charge is -2.12. The van der Waals surface area contributed by atoms with Gasteiger partial charge in [0.05, 0.1) is 25.7 Å². The van der Waals surface area contributed by atoms with Crippen molar-refractivity contribution in [1.29, 1.82) is 0 Å². The zero-order valence-corrected chi connectivity index (χ0v) is 11.3. The molecule has 0 spiro atoms. The first kappa shape index (κ1) is 13.9. The minimum Gasteiger partial charge on any atom is -0.434 e. The van der Waals surface area contributed by atoms with E-state index in [0.29, 0.717) is 0 Å². The molecule has 1 aliphatic rings. The second-order valence-corrected chi connectivity index (χ2v) is 4.77. The molecule has 0 fully saturated rings. The molecule has 96 valence electrons. The quantitative estimate of drug-likeness (QED) is 0.557. The van der Waals surface area contributed by atoms with Gasteiger partial charge in [-0.3, -0.25) is 4.79 Å². The van der Waals surface area contributed by atoms with Gasteiger partial charge in [-0.1, -0.05) is 46.4 Å². The Labute approximate surface area is 120 Å². The highest BCUT2D eigenvalue weighted by Gasteiger charge is 2.33. The summed E-state index contributed by atoms with van der Waals surface area (Å²) in [5.41, 5.74) is -0.159. The van der Waals surface area contributed by atoms with Crippen LogP contribution in [0.2, 0.25) is 20.1 Å². The lowest BCUT2D eigenvalue weighted by atomic mass is 10.1. The molecular formula is C10H2Cl4F2O2. The van der Waals surface area contributed by atoms with Crippen molar-refractivity contribution in [3.05, 3.63) is 37.3 Å². The number of carbonyl (C=O) groups excluding carboxylic acids is 1. The number of benzene rings is 1. The van der Waals surface area contributed by atoms with Crippen LogP contribution in [0.1, 0.15) is 15.9 Å². The number of ketones is 1. The molecule has 0 saturated heterocycles. The van der Waals surface area contributed by atoms with E-state index in [0.717, 1.165) is 6.08 Å². The fourth-order valence-electron chi connectivity index (χ4n) is 1.55. The monoisotopic (exact) mass is 332 g/mol. The number of carbonyl (C=O) groups is 1. The van der Waals surface area contributed by atoms with E-state index in [1.54, 1.807) is 0 Å². The Kier molecular flexibility index (Phi) is 3.74. The fraction of sp³-hybridized carbons (Fsp3) is 0.100. The topological polar surface area (TPSA) is 26.3 Å². The summed E-state index contributed by atoms with van der Waals surface area (Å²) in [5, 5.41) is -0.531. The highest BCUT2D eigenvalue weighted by molar-refractivity contribution is 6.54. The van der Waals surface area contributed by atoms with Gasteiger partial charge < -0.3 is 4.74 Å². The van der Waals surface area contributed by atoms with Crippen molar-refractivity contribution in [2.24, 2.45) is 0 Å². The molecule has 0 unspecified atom stereocenters. The summed E-state index contributed by atoms with van der Waals surface area (Å²) in [6, 6.07) is 0. The molecule has 1 aromatic rings. The number of hydrogen-bond donors (Lipinski definition) is 0. The third-order valence-corrected chi connectivity index (χ3v) is 4.04. The van der Waals surface area contributed by atoms with Crippen molar-refractivity contribution in [2.45, 2.75) is 6.61 Å². The van der Waals surface area contributed by atoms with Gasteiger partial charge in [-0.25, -0.2) is 0 Å². The van der Waals surface area contributed by atoms with Crippen LogP contribution < -0.4 is 0 Å². The Bertz CT molecular complexity index is 584. The van der Waals surface area contributed by atoms with Gasteiger partial charge in [0.15, 0.2) is 5.78 Å². The predicted octanol–water partition coefficient (Wildman–Crippen LogP) is 5.08. The molecule has 0 aliphatic heterocycles. The molecule has 1 aliphatic carbocycles. The molecular weight excluding hydrogens is 332 g/mol. The molecule has 8 heteroatoms. The maximum atomic E-state index is 12.2. The van der Waals surface area contributed by atoms with Crippen molar-refractivity contribution in [3.8, 4) is 0 Å². The lowest BCUT2D eigenvalue weighted by Crippen LogP contribution is -2.00. The second kappa shape index (κ2) is 4.85. The molecule has 0 bridgehead atoms. The number of rotatable bonds is 2. The summed E-state index contributed by atoms with van der Waals surface area (Å²) in [7, 11) is 0. The highest BCUT2D eigenvalue weighted by Crippen LogP contribution is 2.47. The number of ether oxygens (including phenoxy) is 1. The van der Waals surface area contributed by atoms with Crippen LogP contribution >= 0.6 is 46.4 Å². The molecule has 0 aromatic heterocycles. The SMILES string of the molecule is O=C1C=C(OC(F)F)c2c(Cl)c(Cl)c(Cl)c(Cl)c21. The van der Waals surface area contributed by atoms with E-state index >= 15 is 0 Å².